The molecule has 0 atom stereocenters. The van der Waals surface area contributed by atoms with Crippen LogP contribution in [-0.2, 0) is 19.7 Å². The Morgan fingerprint density at radius 3 is 2.22 bits per heavy atom. The Morgan fingerprint density at radius 2 is 1.67 bits per heavy atom. The van der Waals surface area contributed by atoms with Gasteiger partial charge in [0.15, 0.2) is 5.11 Å². The van der Waals surface area contributed by atoms with E-state index in [4.69, 9.17) is 17.0 Å². The van der Waals surface area contributed by atoms with Gasteiger partial charge in [-0.15, -0.1) is 0 Å². The molecule has 7 nitrogen and oxygen atoms in total. The Labute approximate surface area is 165 Å². The first-order chi connectivity index (χ1) is 12.6. The number of thiocarbonyl (C=S) groups is 1. The second-order valence-corrected chi connectivity index (χ2v) is 7.41. The molecule has 0 bridgehead atoms. The van der Waals surface area contributed by atoms with Gasteiger partial charge in [0.2, 0.25) is 5.91 Å². The largest absolute Gasteiger partial charge is 0.466 e. The number of carbonyl (C=O) groups excluding carboxylic acids is 3. The van der Waals surface area contributed by atoms with Crippen molar-refractivity contribution in [1.82, 2.24) is 16.2 Å². The highest BCUT2D eigenvalue weighted by atomic mass is 32.1. The molecule has 148 valence electrons. The Balaban J connectivity index is 2.37. The fourth-order valence-electron chi connectivity index (χ4n) is 2.03. The number of amides is 2. The molecule has 8 heteroatoms. The number of hydrogen-bond donors (Lipinski definition) is 3. The number of esters is 1. The molecule has 0 fully saturated rings. The minimum Gasteiger partial charge on any atom is -0.466 e. The van der Waals surface area contributed by atoms with Gasteiger partial charge in [0, 0.05) is 12.0 Å². The average molecular weight is 394 g/mol. The minimum absolute atomic E-state index is 0.00205. The zero-order valence-corrected chi connectivity index (χ0v) is 17.0. The summed E-state index contributed by atoms with van der Waals surface area (Å²) >= 11 is 4.94. The smallest absolute Gasteiger partial charge is 0.306 e. The van der Waals surface area contributed by atoms with Crippen LogP contribution in [0.4, 0.5) is 0 Å². The predicted molar refractivity (Wildman–Crippen MR) is 107 cm³/mol. The summed E-state index contributed by atoms with van der Waals surface area (Å²) in [5.41, 5.74) is 6.46. The summed E-state index contributed by atoms with van der Waals surface area (Å²) in [6, 6.07) is 7.24. The van der Waals surface area contributed by atoms with Gasteiger partial charge in [-0.2, -0.15) is 0 Å². The van der Waals surface area contributed by atoms with Gasteiger partial charge in [-0.05, 0) is 41.7 Å². The molecule has 0 aromatic heterocycles. The van der Waals surface area contributed by atoms with Gasteiger partial charge < -0.3 is 10.1 Å². The molecule has 0 heterocycles. The third-order valence-electron chi connectivity index (χ3n) is 3.58. The van der Waals surface area contributed by atoms with Gasteiger partial charge >= 0.3 is 5.97 Å². The van der Waals surface area contributed by atoms with Crippen LogP contribution in [0.3, 0.4) is 0 Å². The monoisotopic (exact) mass is 393 g/mol. The summed E-state index contributed by atoms with van der Waals surface area (Å²) in [6.07, 6.45) is 0.651. The van der Waals surface area contributed by atoms with Crippen LogP contribution < -0.4 is 16.2 Å². The van der Waals surface area contributed by atoms with Crippen molar-refractivity contribution in [1.29, 1.82) is 0 Å². The Bertz CT molecular complexity index is 681. The number of hydrazine groups is 1. The standard InChI is InChI=1S/C19H27N3O4S/c1-5-12-26-16(24)11-10-15(23)20-18(27)22-21-17(25)13-6-8-14(9-7-13)19(2,3)4/h6-9H,5,10-12H2,1-4H3,(H,21,25)(H2,20,22,23,27). The normalized spacial score (nSPS) is 10.7. The molecule has 0 saturated carbocycles. The van der Waals surface area contributed by atoms with Gasteiger partial charge in [-0.3, -0.25) is 25.2 Å². The third kappa shape index (κ3) is 8.63. The van der Waals surface area contributed by atoms with Crippen molar-refractivity contribution < 1.29 is 19.1 Å². The van der Waals surface area contributed by atoms with Crippen LogP contribution in [0, 0.1) is 0 Å². The van der Waals surface area contributed by atoms with Gasteiger partial charge in [0.1, 0.15) is 0 Å². The Hall–Kier alpha value is -2.48. The van der Waals surface area contributed by atoms with E-state index in [0.717, 1.165) is 12.0 Å². The summed E-state index contributed by atoms with van der Waals surface area (Å²) in [4.78, 5) is 35.2. The highest BCUT2D eigenvalue weighted by Crippen LogP contribution is 2.22. The average Bonchev–Trinajstić information content (AvgIpc) is 2.62. The summed E-state index contributed by atoms with van der Waals surface area (Å²) in [6.45, 7) is 8.50. The summed E-state index contributed by atoms with van der Waals surface area (Å²) in [7, 11) is 0. The van der Waals surface area contributed by atoms with Crippen LogP contribution >= 0.6 is 12.2 Å². The van der Waals surface area contributed by atoms with Crippen LogP contribution in [0.5, 0.6) is 0 Å². The zero-order valence-electron chi connectivity index (χ0n) is 16.2. The van der Waals surface area contributed by atoms with E-state index in [1.165, 1.54) is 0 Å². The molecule has 27 heavy (non-hydrogen) atoms. The molecule has 0 unspecified atom stereocenters. The molecule has 0 aliphatic carbocycles. The van der Waals surface area contributed by atoms with Crippen LogP contribution in [0.2, 0.25) is 0 Å². The molecule has 1 aromatic carbocycles. The lowest BCUT2D eigenvalue weighted by Crippen LogP contribution is -2.48. The second-order valence-electron chi connectivity index (χ2n) is 7.00. The van der Waals surface area contributed by atoms with Crippen molar-refractivity contribution >= 4 is 35.1 Å². The Morgan fingerprint density at radius 1 is 1.04 bits per heavy atom. The molecular weight excluding hydrogens is 366 g/mol. The summed E-state index contributed by atoms with van der Waals surface area (Å²) in [5, 5.41) is 2.33. The number of nitrogens with one attached hydrogen (secondary N) is 3. The maximum absolute atomic E-state index is 12.1. The first-order valence-corrected chi connectivity index (χ1v) is 9.20. The molecular formula is C19H27N3O4S. The molecule has 3 N–H and O–H groups in total. The number of ether oxygens (including phenoxy) is 1. The van der Waals surface area contributed by atoms with E-state index in [9.17, 15) is 14.4 Å². The van der Waals surface area contributed by atoms with E-state index in [1.54, 1.807) is 12.1 Å². The van der Waals surface area contributed by atoms with Crippen molar-refractivity contribution in [3.63, 3.8) is 0 Å². The van der Waals surface area contributed by atoms with E-state index in [2.05, 4.69) is 36.9 Å². The van der Waals surface area contributed by atoms with Gasteiger partial charge in [0.25, 0.3) is 5.91 Å². The van der Waals surface area contributed by atoms with Crippen LogP contribution in [0.25, 0.3) is 0 Å². The van der Waals surface area contributed by atoms with E-state index in [0.29, 0.717) is 12.2 Å². The quantitative estimate of drug-likeness (QED) is 0.390. The number of benzene rings is 1. The predicted octanol–water partition coefficient (Wildman–Crippen LogP) is 2.35. The number of carbonyl (C=O) groups is 3. The van der Waals surface area contributed by atoms with Crippen molar-refractivity contribution in [2.45, 2.75) is 52.4 Å². The van der Waals surface area contributed by atoms with Crippen molar-refractivity contribution in [2.75, 3.05) is 6.61 Å². The van der Waals surface area contributed by atoms with Crippen molar-refractivity contribution in [3.05, 3.63) is 35.4 Å². The number of hydrogen-bond acceptors (Lipinski definition) is 5. The zero-order chi connectivity index (χ0) is 20.4. The van der Waals surface area contributed by atoms with E-state index in [1.807, 2.05) is 19.1 Å². The second kappa shape index (κ2) is 10.6. The molecule has 1 rings (SSSR count). The lowest BCUT2D eigenvalue weighted by Gasteiger charge is -2.19. The first-order valence-electron chi connectivity index (χ1n) is 8.79. The van der Waals surface area contributed by atoms with Crippen molar-refractivity contribution in [2.24, 2.45) is 0 Å². The van der Waals surface area contributed by atoms with E-state index >= 15 is 0 Å². The minimum atomic E-state index is -0.440. The van der Waals surface area contributed by atoms with E-state index in [-0.39, 0.29) is 29.3 Å². The van der Waals surface area contributed by atoms with Gasteiger partial charge in [0.05, 0.1) is 13.0 Å². The SMILES string of the molecule is CCCOC(=O)CCC(=O)NC(=S)NNC(=O)c1ccc(C(C)(C)C)cc1. The highest BCUT2D eigenvalue weighted by molar-refractivity contribution is 7.80. The topological polar surface area (TPSA) is 96.5 Å². The fourth-order valence-corrected chi connectivity index (χ4v) is 2.20. The molecule has 0 saturated heterocycles. The first kappa shape index (κ1) is 22.6. The van der Waals surface area contributed by atoms with Crippen molar-refractivity contribution in [3.8, 4) is 0 Å². The summed E-state index contributed by atoms with van der Waals surface area (Å²) < 4.78 is 4.88. The fraction of sp³-hybridized carbons (Fsp3) is 0.474. The highest BCUT2D eigenvalue weighted by Gasteiger charge is 2.14. The molecule has 2 amide bonds. The van der Waals surface area contributed by atoms with Crippen LogP contribution in [0.15, 0.2) is 24.3 Å². The van der Waals surface area contributed by atoms with Gasteiger partial charge in [-0.1, -0.05) is 39.8 Å². The summed E-state index contributed by atoms with van der Waals surface area (Å²) in [5.74, 6) is -1.25. The molecule has 1 aromatic rings. The third-order valence-corrected chi connectivity index (χ3v) is 3.78. The number of rotatable bonds is 6. The maximum atomic E-state index is 12.1. The lowest BCUT2D eigenvalue weighted by molar-refractivity contribution is -0.144. The van der Waals surface area contributed by atoms with Crippen LogP contribution in [-0.4, -0.2) is 29.5 Å². The van der Waals surface area contributed by atoms with Crippen LogP contribution in [0.1, 0.15) is 62.9 Å². The molecule has 0 aliphatic heterocycles. The lowest BCUT2D eigenvalue weighted by atomic mass is 9.87. The maximum Gasteiger partial charge on any atom is 0.306 e. The molecule has 0 spiro atoms. The molecule has 0 radical (unpaired) electrons. The van der Waals surface area contributed by atoms with E-state index < -0.39 is 11.9 Å². The Kier molecular flexibility index (Phi) is 8.87. The molecule has 0 aliphatic rings. The van der Waals surface area contributed by atoms with Gasteiger partial charge in [-0.25, -0.2) is 0 Å².